The predicted octanol–water partition coefficient (Wildman–Crippen LogP) is 2.39. The van der Waals surface area contributed by atoms with Gasteiger partial charge in [0.1, 0.15) is 12.1 Å². The second kappa shape index (κ2) is 5.32. The highest BCUT2D eigenvalue weighted by atomic mass is 15.2. The van der Waals surface area contributed by atoms with Crippen LogP contribution in [0.5, 0.6) is 0 Å². The molecule has 2 aliphatic heterocycles. The number of hydrogen-bond acceptors (Lipinski definition) is 4. The van der Waals surface area contributed by atoms with Crippen LogP contribution in [0, 0.1) is 0 Å². The lowest BCUT2D eigenvalue weighted by molar-refractivity contribution is 0.192. The van der Waals surface area contributed by atoms with Gasteiger partial charge in [-0.2, -0.15) is 0 Å². The van der Waals surface area contributed by atoms with Crippen molar-refractivity contribution in [2.45, 2.75) is 63.5 Å². The van der Waals surface area contributed by atoms with Crippen LogP contribution in [0.25, 0.3) is 0 Å². The Morgan fingerprint density at radius 1 is 1.00 bits per heavy atom. The molecule has 0 bridgehead atoms. The highest BCUT2D eigenvalue weighted by molar-refractivity contribution is 5.48. The van der Waals surface area contributed by atoms with Gasteiger partial charge < -0.3 is 5.32 Å². The van der Waals surface area contributed by atoms with Crippen LogP contribution in [0.4, 0.5) is 5.82 Å². The molecule has 3 heterocycles. The van der Waals surface area contributed by atoms with E-state index in [-0.39, 0.29) is 0 Å². The number of nitrogens with zero attached hydrogens (tertiary/aromatic N) is 3. The minimum Gasteiger partial charge on any atom is -0.365 e. The molecule has 0 spiro atoms. The molecule has 0 radical (unpaired) electrons. The minimum atomic E-state index is 0.594. The molecule has 2 unspecified atom stereocenters. The molecule has 4 rings (SSSR count). The van der Waals surface area contributed by atoms with Crippen molar-refractivity contribution in [1.82, 2.24) is 14.9 Å². The van der Waals surface area contributed by atoms with E-state index in [4.69, 9.17) is 0 Å². The van der Waals surface area contributed by atoms with E-state index < -0.39 is 0 Å². The molecule has 2 saturated heterocycles. The molecular formula is C16H24N4. The maximum absolute atomic E-state index is 4.55. The van der Waals surface area contributed by atoms with Gasteiger partial charge in [-0.1, -0.05) is 6.42 Å². The lowest BCUT2D eigenvalue weighted by Gasteiger charge is -2.33. The van der Waals surface area contributed by atoms with Gasteiger partial charge >= 0.3 is 0 Å². The maximum Gasteiger partial charge on any atom is 0.133 e. The fourth-order valence-electron chi connectivity index (χ4n) is 4.24. The summed E-state index contributed by atoms with van der Waals surface area (Å²) in [5, 5.41) is 3.78. The first-order valence-electron chi connectivity index (χ1n) is 8.25. The third-order valence-electron chi connectivity index (χ3n) is 5.30. The first-order valence-corrected chi connectivity index (χ1v) is 8.25. The maximum atomic E-state index is 4.55. The minimum absolute atomic E-state index is 0.594. The topological polar surface area (TPSA) is 41.1 Å². The zero-order chi connectivity index (χ0) is 13.4. The molecule has 1 aliphatic carbocycles. The van der Waals surface area contributed by atoms with E-state index in [1.54, 1.807) is 6.33 Å². The largest absolute Gasteiger partial charge is 0.365 e. The van der Waals surface area contributed by atoms with E-state index in [0.29, 0.717) is 6.04 Å². The number of aryl methyl sites for hydroxylation is 1. The van der Waals surface area contributed by atoms with Crippen molar-refractivity contribution in [2.75, 3.05) is 18.4 Å². The third-order valence-corrected chi connectivity index (χ3v) is 5.30. The molecule has 3 aliphatic rings. The highest BCUT2D eigenvalue weighted by Crippen LogP contribution is 2.31. The Bertz CT molecular complexity index is 487. The summed E-state index contributed by atoms with van der Waals surface area (Å²) in [5.41, 5.74) is 2.68. The number of piperidine rings is 1. The summed E-state index contributed by atoms with van der Waals surface area (Å²) in [6, 6.07) is 1.33. The molecule has 1 aromatic heterocycles. The Hall–Kier alpha value is -1.16. The van der Waals surface area contributed by atoms with Gasteiger partial charge in [0.25, 0.3) is 0 Å². The van der Waals surface area contributed by atoms with Crippen LogP contribution >= 0.6 is 0 Å². The standard InChI is InChI=1S/C16H24N4/c1-2-6-13-12(5-1)16(18-11-17-13)19-14-8-10-20-9-4-3-7-15(14)20/h11,14-15H,1-10H2,(H,17,18,19). The molecule has 0 saturated carbocycles. The number of rotatable bonds is 2. The zero-order valence-corrected chi connectivity index (χ0v) is 12.1. The molecule has 2 atom stereocenters. The van der Waals surface area contributed by atoms with E-state index in [1.165, 1.54) is 62.9 Å². The normalized spacial score (nSPS) is 29.8. The predicted molar refractivity (Wildman–Crippen MR) is 79.9 cm³/mol. The first-order chi connectivity index (χ1) is 9.92. The number of aromatic nitrogens is 2. The fourth-order valence-corrected chi connectivity index (χ4v) is 4.24. The Kier molecular flexibility index (Phi) is 3.34. The second-order valence-electron chi connectivity index (χ2n) is 6.49. The van der Waals surface area contributed by atoms with Crippen molar-refractivity contribution in [3.63, 3.8) is 0 Å². The van der Waals surface area contributed by atoms with Gasteiger partial charge in [-0.3, -0.25) is 4.90 Å². The highest BCUT2D eigenvalue weighted by Gasteiger charge is 2.36. The van der Waals surface area contributed by atoms with Crippen molar-refractivity contribution >= 4 is 5.82 Å². The van der Waals surface area contributed by atoms with Crippen molar-refractivity contribution in [3.05, 3.63) is 17.6 Å². The molecule has 0 aromatic carbocycles. The Balaban J connectivity index is 1.54. The van der Waals surface area contributed by atoms with Crippen LogP contribution in [0.2, 0.25) is 0 Å². The number of hydrogen-bond donors (Lipinski definition) is 1. The van der Waals surface area contributed by atoms with Crippen LogP contribution in [0.1, 0.15) is 49.8 Å². The van der Waals surface area contributed by atoms with Gasteiger partial charge in [-0.15, -0.1) is 0 Å². The summed E-state index contributed by atoms with van der Waals surface area (Å²) < 4.78 is 0. The van der Waals surface area contributed by atoms with E-state index in [0.717, 1.165) is 24.7 Å². The van der Waals surface area contributed by atoms with Gasteiger partial charge in [0, 0.05) is 29.9 Å². The van der Waals surface area contributed by atoms with Crippen molar-refractivity contribution in [1.29, 1.82) is 0 Å². The van der Waals surface area contributed by atoms with E-state index in [1.807, 2.05) is 0 Å². The third kappa shape index (κ3) is 2.20. The lowest BCUT2D eigenvalue weighted by atomic mass is 9.95. The van der Waals surface area contributed by atoms with Crippen LogP contribution in [-0.4, -0.2) is 40.0 Å². The molecule has 2 fully saturated rings. The summed E-state index contributed by atoms with van der Waals surface area (Å²) in [7, 11) is 0. The monoisotopic (exact) mass is 272 g/mol. The molecule has 4 nitrogen and oxygen atoms in total. The SMILES string of the molecule is c1nc2c(c(NC3CCN4CCCCC34)n1)CCCC2. The Labute approximate surface area is 121 Å². The number of anilines is 1. The second-order valence-corrected chi connectivity index (χ2v) is 6.49. The van der Waals surface area contributed by atoms with Crippen LogP contribution < -0.4 is 5.32 Å². The smallest absolute Gasteiger partial charge is 0.133 e. The van der Waals surface area contributed by atoms with Crippen molar-refractivity contribution in [3.8, 4) is 0 Å². The summed E-state index contributed by atoms with van der Waals surface area (Å²) in [6.45, 7) is 2.56. The van der Waals surface area contributed by atoms with Gasteiger partial charge in [-0.25, -0.2) is 9.97 Å². The molecule has 0 amide bonds. The van der Waals surface area contributed by atoms with Gasteiger partial charge in [-0.05, 0) is 51.5 Å². The number of fused-ring (bicyclic) bond motifs is 2. The number of nitrogens with one attached hydrogen (secondary N) is 1. The first kappa shape index (κ1) is 12.6. The molecule has 108 valence electrons. The van der Waals surface area contributed by atoms with Gasteiger partial charge in [0.15, 0.2) is 0 Å². The summed E-state index contributed by atoms with van der Waals surface area (Å²) in [5.74, 6) is 1.13. The van der Waals surface area contributed by atoms with E-state index in [9.17, 15) is 0 Å². The van der Waals surface area contributed by atoms with Crippen molar-refractivity contribution in [2.24, 2.45) is 0 Å². The van der Waals surface area contributed by atoms with Crippen LogP contribution in [0.3, 0.4) is 0 Å². The quantitative estimate of drug-likeness (QED) is 0.897. The Morgan fingerprint density at radius 3 is 2.95 bits per heavy atom. The molecule has 4 heteroatoms. The Morgan fingerprint density at radius 2 is 1.95 bits per heavy atom. The molecule has 1 aromatic rings. The average Bonchev–Trinajstić information content (AvgIpc) is 2.91. The molecule has 1 N–H and O–H groups in total. The van der Waals surface area contributed by atoms with Gasteiger partial charge in [0.2, 0.25) is 0 Å². The average molecular weight is 272 g/mol. The zero-order valence-electron chi connectivity index (χ0n) is 12.1. The lowest BCUT2D eigenvalue weighted by Crippen LogP contribution is -2.42. The summed E-state index contributed by atoms with van der Waals surface area (Å²) in [6.07, 6.45) is 12.0. The molecule has 20 heavy (non-hydrogen) atoms. The fraction of sp³-hybridized carbons (Fsp3) is 0.750. The summed E-state index contributed by atoms with van der Waals surface area (Å²) >= 11 is 0. The van der Waals surface area contributed by atoms with Crippen LogP contribution in [0.15, 0.2) is 6.33 Å². The van der Waals surface area contributed by atoms with E-state index >= 15 is 0 Å². The molecular weight excluding hydrogens is 248 g/mol. The van der Waals surface area contributed by atoms with Gasteiger partial charge in [0.05, 0.1) is 0 Å². The van der Waals surface area contributed by atoms with E-state index in [2.05, 4.69) is 20.2 Å². The van der Waals surface area contributed by atoms with Crippen molar-refractivity contribution < 1.29 is 0 Å². The summed E-state index contributed by atoms with van der Waals surface area (Å²) in [4.78, 5) is 11.7. The van der Waals surface area contributed by atoms with Crippen LogP contribution in [-0.2, 0) is 12.8 Å².